The third kappa shape index (κ3) is 1.14. The number of nitrogens with one attached hydrogen (secondary N) is 1. The van der Waals surface area contributed by atoms with Crippen molar-refractivity contribution >= 4 is 23.5 Å². The van der Waals surface area contributed by atoms with Gasteiger partial charge in [0.1, 0.15) is 6.29 Å². The van der Waals surface area contributed by atoms with Crippen LogP contribution in [0.25, 0.3) is 10.9 Å². The fourth-order valence-corrected chi connectivity index (χ4v) is 1.33. The van der Waals surface area contributed by atoms with E-state index in [0.717, 1.165) is 23.5 Å². The van der Waals surface area contributed by atoms with Gasteiger partial charge in [0.2, 0.25) is 0 Å². The second kappa shape index (κ2) is 2.86. The molecule has 0 aliphatic carbocycles. The van der Waals surface area contributed by atoms with Crippen molar-refractivity contribution in [1.29, 1.82) is 0 Å². The summed E-state index contributed by atoms with van der Waals surface area (Å²) in [5, 5.41) is 0.791. The Morgan fingerprint density at radius 1 is 1.15 bits per heavy atom. The molecule has 3 heteroatoms. The molecule has 1 aromatic heterocycles. The normalized spacial score (nSPS) is 10.2. The lowest BCUT2D eigenvalue weighted by Gasteiger charge is -1.91. The zero-order chi connectivity index (χ0) is 9.26. The van der Waals surface area contributed by atoms with Crippen LogP contribution in [-0.4, -0.2) is 17.6 Å². The van der Waals surface area contributed by atoms with E-state index in [-0.39, 0.29) is 0 Å². The average molecular weight is 173 g/mol. The first-order valence-corrected chi connectivity index (χ1v) is 3.86. The number of carbonyl (C=O) groups is 2. The molecule has 1 N–H and O–H groups in total. The van der Waals surface area contributed by atoms with Crippen molar-refractivity contribution in [2.45, 2.75) is 0 Å². The molecule has 3 nitrogen and oxygen atoms in total. The van der Waals surface area contributed by atoms with E-state index in [2.05, 4.69) is 4.98 Å². The van der Waals surface area contributed by atoms with Gasteiger partial charge in [-0.2, -0.15) is 0 Å². The average Bonchev–Trinajstić information content (AvgIpc) is 2.59. The first-order chi connectivity index (χ1) is 6.35. The highest BCUT2D eigenvalue weighted by Gasteiger charge is 2.02. The van der Waals surface area contributed by atoms with Gasteiger partial charge in [0.15, 0.2) is 6.29 Å². The van der Waals surface area contributed by atoms with Gasteiger partial charge in [0.25, 0.3) is 0 Å². The number of hydrogen-bond donors (Lipinski definition) is 1. The Hall–Kier alpha value is -1.90. The standard InChI is InChI=1S/C10H7NO2/c12-5-7-1-2-10-9(3-7)8(6-13)4-11-10/h1-6,11H. The van der Waals surface area contributed by atoms with Crippen LogP contribution < -0.4 is 0 Å². The van der Waals surface area contributed by atoms with Crippen LogP contribution >= 0.6 is 0 Å². The summed E-state index contributed by atoms with van der Waals surface area (Å²) < 4.78 is 0. The van der Waals surface area contributed by atoms with E-state index in [1.54, 1.807) is 24.4 Å². The van der Waals surface area contributed by atoms with E-state index in [1.807, 2.05) is 0 Å². The first-order valence-electron chi connectivity index (χ1n) is 3.86. The maximum Gasteiger partial charge on any atom is 0.152 e. The van der Waals surface area contributed by atoms with E-state index in [9.17, 15) is 9.59 Å². The van der Waals surface area contributed by atoms with Crippen LogP contribution in [0.1, 0.15) is 20.7 Å². The summed E-state index contributed by atoms with van der Waals surface area (Å²) in [6.45, 7) is 0. The third-order valence-electron chi connectivity index (χ3n) is 2.00. The number of H-pyrrole nitrogens is 1. The van der Waals surface area contributed by atoms with Crippen molar-refractivity contribution in [3.63, 3.8) is 0 Å². The molecule has 0 unspecified atom stereocenters. The Morgan fingerprint density at radius 3 is 2.69 bits per heavy atom. The van der Waals surface area contributed by atoms with Crippen LogP contribution in [0.3, 0.4) is 0 Å². The molecule has 0 fully saturated rings. The molecule has 2 aromatic rings. The Labute approximate surface area is 74.4 Å². The maximum atomic E-state index is 10.6. The monoisotopic (exact) mass is 173 g/mol. The van der Waals surface area contributed by atoms with Gasteiger partial charge in [-0.15, -0.1) is 0 Å². The van der Waals surface area contributed by atoms with Crippen molar-refractivity contribution < 1.29 is 9.59 Å². The summed E-state index contributed by atoms with van der Waals surface area (Å²) in [7, 11) is 0. The zero-order valence-corrected chi connectivity index (χ0v) is 6.78. The Morgan fingerprint density at radius 2 is 2.00 bits per heavy atom. The zero-order valence-electron chi connectivity index (χ0n) is 6.78. The molecule has 0 saturated heterocycles. The maximum absolute atomic E-state index is 10.6. The summed E-state index contributed by atoms with van der Waals surface area (Å²) in [5.41, 5.74) is 2.03. The fourth-order valence-electron chi connectivity index (χ4n) is 1.33. The second-order valence-corrected chi connectivity index (χ2v) is 2.78. The van der Waals surface area contributed by atoms with Crippen LogP contribution in [0.2, 0.25) is 0 Å². The Balaban J connectivity index is 2.78. The largest absolute Gasteiger partial charge is 0.360 e. The Bertz CT molecular complexity index is 471. The Kier molecular flexibility index (Phi) is 1.70. The second-order valence-electron chi connectivity index (χ2n) is 2.78. The van der Waals surface area contributed by atoms with Crippen LogP contribution in [-0.2, 0) is 0 Å². The van der Waals surface area contributed by atoms with Crippen LogP contribution in [0.15, 0.2) is 24.4 Å². The number of benzene rings is 1. The molecular weight excluding hydrogens is 166 g/mol. The quantitative estimate of drug-likeness (QED) is 0.704. The molecule has 0 aliphatic rings. The molecule has 0 amide bonds. The molecule has 0 saturated carbocycles. The molecule has 64 valence electrons. The van der Waals surface area contributed by atoms with Crippen LogP contribution in [0.5, 0.6) is 0 Å². The van der Waals surface area contributed by atoms with Gasteiger partial charge in [-0.25, -0.2) is 0 Å². The van der Waals surface area contributed by atoms with E-state index in [0.29, 0.717) is 11.1 Å². The molecule has 2 rings (SSSR count). The van der Waals surface area contributed by atoms with Crippen molar-refractivity contribution in [3.05, 3.63) is 35.5 Å². The molecule has 1 aromatic carbocycles. The van der Waals surface area contributed by atoms with E-state index < -0.39 is 0 Å². The van der Waals surface area contributed by atoms with Crippen LogP contribution in [0.4, 0.5) is 0 Å². The number of hydrogen-bond acceptors (Lipinski definition) is 2. The lowest BCUT2D eigenvalue weighted by atomic mass is 10.1. The number of aromatic amines is 1. The van der Waals surface area contributed by atoms with E-state index in [1.165, 1.54) is 0 Å². The van der Waals surface area contributed by atoms with E-state index >= 15 is 0 Å². The predicted molar refractivity (Wildman–Crippen MR) is 49.1 cm³/mol. The van der Waals surface area contributed by atoms with Crippen molar-refractivity contribution in [3.8, 4) is 0 Å². The molecule has 0 bridgehead atoms. The van der Waals surface area contributed by atoms with Gasteiger partial charge < -0.3 is 4.98 Å². The van der Waals surface area contributed by atoms with Crippen molar-refractivity contribution in [2.24, 2.45) is 0 Å². The van der Waals surface area contributed by atoms with Crippen LogP contribution in [0, 0.1) is 0 Å². The summed E-state index contributed by atoms with van der Waals surface area (Å²) in [4.78, 5) is 24.0. The molecule has 0 aliphatic heterocycles. The molecule has 0 radical (unpaired) electrons. The number of rotatable bonds is 2. The summed E-state index contributed by atoms with van der Waals surface area (Å²) in [6, 6.07) is 5.19. The number of carbonyl (C=O) groups excluding carboxylic acids is 2. The molecule has 0 spiro atoms. The van der Waals surface area contributed by atoms with Gasteiger partial charge in [-0.1, -0.05) is 0 Å². The minimum Gasteiger partial charge on any atom is -0.360 e. The highest BCUT2D eigenvalue weighted by atomic mass is 16.1. The predicted octanol–water partition coefficient (Wildman–Crippen LogP) is 1.79. The minimum absolute atomic E-state index is 0.579. The van der Waals surface area contributed by atoms with Crippen molar-refractivity contribution in [1.82, 2.24) is 4.98 Å². The van der Waals surface area contributed by atoms with Crippen molar-refractivity contribution in [2.75, 3.05) is 0 Å². The summed E-state index contributed by atoms with van der Waals surface area (Å²) in [5.74, 6) is 0. The van der Waals surface area contributed by atoms with Gasteiger partial charge in [-0.3, -0.25) is 9.59 Å². The minimum atomic E-state index is 0.579. The topological polar surface area (TPSA) is 49.9 Å². The van der Waals surface area contributed by atoms with Gasteiger partial charge in [0.05, 0.1) is 0 Å². The SMILES string of the molecule is O=Cc1ccc2[nH]cc(C=O)c2c1. The molecule has 0 atom stereocenters. The molecule has 13 heavy (non-hydrogen) atoms. The highest BCUT2D eigenvalue weighted by Crippen LogP contribution is 2.17. The number of aldehydes is 2. The third-order valence-corrected chi connectivity index (χ3v) is 2.00. The van der Waals surface area contributed by atoms with Gasteiger partial charge >= 0.3 is 0 Å². The first kappa shape index (κ1) is 7.73. The smallest absolute Gasteiger partial charge is 0.152 e. The fraction of sp³-hybridized carbons (Fsp3) is 0. The lowest BCUT2D eigenvalue weighted by Crippen LogP contribution is -1.80. The summed E-state index contributed by atoms with van der Waals surface area (Å²) >= 11 is 0. The van der Waals surface area contributed by atoms with E-state index in [4.69, 9.17) is 0 Å². The molecule has 1 heterocycles. The highest BCUT2D eigenvalue weighted by molar-refractivity contribution is 5.99. The van der Waals surface area contributed by atoms with Gasteiger partial charge in [-0.05, 0) is 18.2 Å². The van der Waals surface area contributed by atoms with Gasteiger partial charge in [0, 0.05) is 28.2 Å². The number of aromatic nitrogens is 1. The lowest BCUT2D eigenvalue weighted by molar-refractivity contribution is 0.111. The molecular formula is C10H7NO2. The summed E-state index contributed by atoms with van der Waals surface area (Å²) in [6.07, 6.45) is 3.17. The number of fused-ring (bicyclic) bond motifs is 1.